The molecule has 1 heteroatoms. The molecule has 10 heavy (non-hydrogen) atoms. The first-order valence-corrected chi connectivity index (χ1v) is 4.69. The molecule has 1 rings (SSSR count). The lowest BCUT2D eigenvalue weighted by Gasteiger charge is -2.54. The van der Waals surface area contributed by atoms with Crippen LogP contribution in [0.25, 0.3) is 0 Å². The summed E-state index contributed by atoms with van der Waals surface area (Å²) in [4.78, 5) is 0. The zero-order valence-corrected chi connectivity index (χ0v) is 8.28. The van der Waals surface area contributed by atoms with Gasteiger partial charge in [-0.1, -0.05) is 27.7 Å². The Bertz CT molecular complexity index is 111. The fourth-order valence-corrected chi connectivity index (χ4v) is 2.83. The highest BCUT2D eigenvalue weighted by Gasteiger charge is 2.48. The standard InChI is InChI=1S/C9H18S/c1-6(2)9(4)7(3)5-8(9)10/h6-8,10H,5H2,1-4H3. The highest BCUT2D eigenvalue weighted by molar-refractivity contribution is 7.81. The molecule has 1 fully saturated rings. The van der Waals surface area contributed by atoms with Crippen LogP contribution >= 0.6 is 12.6 Å². The quantitative estimate of drug-likeness (QED) is 0.557. The third-order valence-corrected chi connectivity index (χ3v) is 4.37. The zero-order chi connectivity index (χ0) is 7.94. The van der Waals surface area contributed by atoms with Crippen LogP contribution in [0.1, 0.15) is 34.1 Å². The molecule has 0 aromatic rings. The van der Waals surface area contributed by atoms with Gasteiger partial charge in [0.15, 0.2) is 0 Å². The molecular weight excluding hydrogens is 140 g/mol. The molecule has 1 saturated carbocycles. The monoisotopic (exact) mass is 158 g/mol. The first-order chi connectivity index (χ1) is 4.49. The summed E-state index contributed by atoms with van der Waals surface area (Å²) < 4.78 is 0. The molecule has 0 saturated heterocycles. The Morgan fingerprint density at radius 1 is 1.50 bits per heavy atom. The number of rotatable bonds is 1. The van der Waals surface area contributed by atoms with Crippen LogP contribution in [0.5, 0.6) is 0 Å². The molecule has 0 aromatic heterocycles. The molecule has 60 valence electrons. The molecule has 3 atom stereocenters. The maximum Gasteiger partial charge on any atom is 0.00783 e. The fourth-order valence-electron chi connectivity index (χ4n) is 1.96. The Morgan fingerprint density at radius 3 is 2.10 bits per heavy atom. The van der Waals surface area contributed by atoms with E-state index in [4.69, 9.17) is 0 Å². The van der Waals surface area contributed by atoms with Crippen molar-refractivity contribution in [3.8, 4) is 0 Å². The maximum absolute atomic E-state index is 4.56. The largest absolute Gasteiger partial charge is 0.175 e. The third-order valence-electron chi connectivity index (χ3n) is 3.60. The first-order valence-electron chi connectivity index (χ1n) is 4.17. The second-order valence-electron chi connectivity index (χ2n) is 4.17. The van der Waals surface area contributed by atoms with Crippen LogP contribution in [0.15, 0.2) is 0 Å². The van der Waals surface area contributed by atoms with Crippen LogP contribution in [0, 0.1) is 17.3 Å². The van der Waals surface area contributed by atoms with Gasteiger partial charge in [-0.3, -0.25) is 0 Å². The van der Waals surface area contributed by atoms with Crippen molar-refractivity contribution in [1.82, 2.24) is 0 Å². The van der Waals surface area contributed by atoms with Crippen LogP contribution in [0.3, 0.4) is 0 Å². The van der Waals surface area contributed by atoms with E-state index in [1.54, 1.807) is 0 Å². The summed E-state index contributed by atoms with van der Waals surface area (Å²) >= 11 is 4.56. The van der Waals surface area contributed by atoms with E-state index in [-0.39, 0.29) is 0 Å². The Hall–Kier alpha value is 0.350. The summed E-state index contributed by atoms with van der Waals surface area (Å²) in [6.45, 7) is 9.31. The molecule has 0 radical (unpaired) electrons. The van der Waals surface area contributed by atoms with Crippen LogP contribution in [0.4, 0.5) is 0 Å². The lowest BCUT2D eigenvalue weighted by atomic mass is 9.56. The van der Waals surface area contributed by atoms with Gasteiger partial charge >= 0.3 is 0 Å². The molecule has 0 aromatic carbocycles. The summed E-state index contributed by atoms with van der Waals surface area (Å²) in [5.74, 6) is 1.65. The van der Waals surface area contributed by atoms with Crippen molar-refractivity contribution in [3.63, 3.8) is 0 Å². The van der Waals surface area contributed by atoms with Crippen molar-refractivity contribution >= 4 is 12.6 Å². The Balaban J connectivity index is 2.66. The molecule has 0 nitrogen and oxygen atoms in total. The molecule has 0 amide bonds. The van der Waals surface area contributed by atoms with E-state index in [2.05, 4.69) is 40.3 Å². The van der Waals surface area contributed by atoms with Gasteiger partial charge in [0.25, 0.3) is 0 Å². The van der Waals surface area contributed by atoms with Crippen LogP contribution in [-0.4, -0.2) is 5.25 Å². The second-order valence-corrected chi connectivity index (χ2v) is 4.80. The Kier molecular flexibility index (Phi) is 2.06. The highest BCUT2D eigenvalue weighted by atomic mass is 32.1. The molecule has 1 aliphatic rings. The van der Waals surface area contributed by atoms with Gasteiger partial charge in [-0.25, -0.2) is 0 Å². The summed E-state index contributed by atoms with van der Waals surface area (Å²) in [5.41, 5.74) is 0.503. The van der Waals surface area contributed by atoms with Crippen molar-refractivity contribution < 1.29 is 0 Å². The lowest BCUT2D eigenvalue weighted by molar-refractivity contribution is 0.0256. The highest BCUT2D eigenvalue weighted by Crippen LogP contribution is 2.53. The second kappa shape index (κ2) is 2.44. The first kappa shape index (κ1) is 8.45. The number of thiol groups is 1. The molecule has 0 spiro atoms. The minimum Gasteiger partial charge on any atom is -0.175 e. The number of hydrogen-bond donors (Lipinski definition) is 1. The minimum absolute atomic E-state index is 0.503. The Labute approximate surface area is 69.8 Å². The topological polar surface area (TPSA) is 0 Å². The molecular formula is C9H18S. The van der Waals surface area contributed by atoms with Crippen LogP contribution in [-0.2, 0) is 0 Å². The molecule has 0 aliphatic heterocycles. The van der Waals surface area contributed by atoms with Gasteiger partial charge in [-0.05, 0) is 23.7 Å². The van der Waals surface area contributed by atoms with Crippen LogP contribution < -0.4 is 0 Å². The van der Waals surface area contributed by atoms with Gasteiger partial charge in [0.2, 0.25) is 0 Å². The summed E-state index contributed by atoms with van der Waals surface area (Å²) in [6, 6.07) is 0. The fraction of sp³-hybridized carbons (Fsp3) is 1.00. The van der Waals surface area contributed by atoms with Gasteiger partial charge in [-0.15, -0.1) is 0 Å². The molecule has 0 bridgehead atoms. The van der Waals surface area contributed by atoms with Gasteiger partial charge in [-0.2, -0.15) is 12.6 Å². The minimum atomic E-state index is 0.503. The molecule has 0 N–H and O–H groups in total. The van der Waals surface area contributed by atoms with Gasteiger partial charge in [0, 0.05) is 5.25 Å². The van der Waals surface area contributed by atoms with E-state index >= 15 is 0 Å². The third kappa shape index (κ3) is 0.903. The van der Waals surface area contributed by atoms with E-state index in [1.807, 2.05) is 0 Å². The van der Waals surface area contributed by atoms with Crippen molar-refractivity contribution in [2.24, 2.45) is 17.3 Å². The summed E-state index contributed by atoms with van der Waals surface area (Å²) in [7, 11) is 0. The van der Waals surface area contributed by atoms with Crippen molar-refractivity contribution in [2.75, 3.05) is 0 Å². The zero-order valence-electron chi connectivity index (χ0n) is 7.39. The molecule has 3 unspecified atom stereocenters. The van der Waals surface area contributed by atoms with E-state index in [9.17, 15) is 0 Å². The van der Waals surface area contributed by atoms with Crippen molar-refractivity contribution in [3.05, 3.63) is 0 Å². The summed E-state index contributed by atoms with van der Waals surface area (Å²) in [5, 5.41) is 0.641. The lowest BCUT2D eigenvalue weighted by Crippen LogP contribution is -2.50. The maximum atomic E-state index is 4.56. The molecule has 1 aliphatic carbocycles. The smallest absolute Gasteiger partial charge is 0.00783 e. The average molecular weight is 158 g/mol. The number of hydrogen-bond acceptors (Lipinski definition) is 1. The van der Waals surface area contributed by atoms with Gasteiger partial charge < -0.3 is 0 Å². The van der Waals surface area contributed by atoms with E-state index in [1.165, 1.54) is 6.42 Å². The molecule has 0 heterocycles. The van der Waals surface area contributed by atoms with E-state index < -0.39 is 0 Å². The van der Waals surface area contributed by atoms with Crippen molar-refractivity contribution in [1.29, 1.82) is 0 Å². The van der Waals surface area contributed by atoms with E-state index in [0.717, 1.165) is 11.8 Å². The predicted molar refractivity (Wildman–Crippen MR) is 49.5 cm³/mol. The predicted octanol–water partition coefficient (Wildman–Crippen LogP) is 2.99. The summed E-state index contributed by atoms with van der Waals surface area (Å²) in [6.07, 6.45) is 1.30. The SMILES string of the molecule is CC(C)C1(C)C(C)CC1S. The van der Waals surface area contributed by atoms with Gasteiger partial charge in [0.05, 0.1) is 0 Å². The van der Waals surface area contributed by atoms with Crippen LogP contribution in [0.2, 0.25) is 0 Å². The Morgan fingerprint density at radius 2 is 2.00 bits per heavy atom. The normalized spacial score (nSPS) is 47.4. The van der Waals surface area contributed by atoms with Gasteiger partial charge in [0.1, 0.15) is 0 Å². The van der Waals surface area contributed by atoms with Crippen molar-refractivity contribution in [2.45, 2.75) is 39.4 Å². The van der Waals surface area contributed by atoms with E-state index in [0.29, 0.717) is 10.7 Å². The average Bonchev–Trinajstić information content (AvgIpc) is 1.86.